The highest BCUT2D eigenvalue weighted by atomic mass is 16.2. The largest absolute Gasteiger partial charge is 0.339 e. The normalized spacial score (nSPS) is 18.6. The van der Waals surface area contributed by atoms with Gasteiger partial charge in [-0.2, -0.15) is 0 Å². The Bertz CT molecular complexity index is 459. The highest BCUT2D eigenvalue weighted by Crippen LogP contribution is 2.36. The fourth-order valence-corrected chi connectivity index (χ4v) is 2.75. The molecule has 5 nitrogen and oxygen atoms in total. The first-order valence-corrected chi connectivity index (χ1v) is 7.13. The van der Waals surface area contributed by atoms with Crippen LogP contribution in [0.15, 0.2) is 18.3 Å². The lowest BCUT2D eigenvalue weighted by Gasteiger charge is -2.38. The molecule has 0 aromatic carbocycles. The van der Waals surface area contributed by atoms with Gasteiger partial charge in [-0.25, -0.2) is 10.8 Å². The van der Waals surface area contributed by atoms with E-state index in [9.17, 15) is 4.79 Å². The number of rotatable bonds is 3. The summed E-state index contributed by atoms with van der Waals surface area (Å²) in [5.74, 6) is 5.86. The highest BCUT2D eigenvalue weighted by Gasteiger charge is 2.30. The first kappa shape index (κ1) is 14.8. The molecule has 0 aliphatic heterocycles. The minimum atomic E-state index is 0.0331. The zero-order valence-corrected chi connectivity index (χ0v) is 12.5. The average Bonchev–Trinajstić information content (AvgIpc) is 2.46. The van der Waals surface area contributed by atoms with Crippen LogP contribution in [0.3, 0.4) is 0 Å². The number of carbonyl (C=O) groups excluding carboxylic acids is 1. The minimum absolute atomic E-state index is 0.0331. The van der Waals surface area contributed by atoms with Gasteiger partial charge in [-0.1, -0.05) is 13.8 Å². The molecule has 0 radical (unpaired) electrons. The second-order valence-corrected chi connectivity index (χ2v) is 6.39. The van der Waals surface area contributed by atoms with Crippen LogP contribution in [0.25, 0.3) is 0 Å². The van der Waals surface area contributed by atoms with Crippen LogP contribution in [0.1, 0.15) is 49.9 Å². The SMILES string of the molecule is CN(C(=O)c1ccc(NN)nc1)C1CCC(C)(C)CC1. The van der Waals surface area contributed by atoms with Crippen LogP contribution in [0.2, 0.25) is 0 Å². The summed E-state index contributed by atoms with van der Waals surface area (Å²) < 4.78 is 0. The lowest BCUT2D eigenvalue weighted by molar-refractivity contribution is 0.0635. The van der Waals surface area contributed by atoms with E-state index in [0.717, 1.165) is 12.8 Å². The standard InChI is InChI=1S/C15H24N4O/c1-15(2)8-6-12(7-9-15)19(3)14(20)11-4-5-13(18-16)17-10-11/h4-5,10,12H,6-9,16H2,1-3H3,(H,17,18). The number of anilines is 1. The Morgan fingerprint density at radius 3 is 2.55 bits per heavy atom. The molecule has 0 saturated heterocycles. The topological polar surface area (TPSA) is 71.2 Å². The molecular weight excluding hydrogens is 252 g/mol. The van der Waals surface area contributed by atoms with Crippen molar-refractivity contribution in [3.05, 3.63) is 23.9 Å². The predicted molar refractivity (Wildman–Crippen MR) is 80.2 cm³/mol. The lowest BCUT2D eigenvalue weighted by atomic mass is 9.75. The summed E-state index contributed by atoms with van der Waals surface area (Å²) in [5, 5.41) is 0. The van der Waals surface area contributed by atoms with Crippen molar-refractivity contribution in [3.8, 4) is 0 Å². The number of nitrogens with zero attached hydrogens (tertiary/aromatic N) is 2. The molecule has 3 N–H and O–H groups in total. The van der Waals surface area contributed by atoms with Gasteiger partial charge in [0.25, 0.3) is 5.91 Å². The van der Waals surface area contributed by atoms with Crippen LogP contribution in [0.5, 0.6) is 0 Å². The molecule has 110 valence electrons. The van der Waals surface area contributed by atoms with Crippen molar-refractivity contribution in [2.24, 2.45) is 11.3 Å². The first-order valence-electron chi connectivity index (χ1n) is 7.13. The molecule has 20 heavy (non-hydrogen) atoms. The number of nitrogens with one attached hydrogen (secondary N) is 1. The number of pyridine rings is 1. The van der Waals surface area contributed by atoms with Crippen molar-refractivity contribution in [1.82, 2.24) is 9.88 Å². The van der Waals surface area contributed by atoms with Gasteiger partial charge in [0, 0.05) is 19.3 Å². The van der Waals surface area contributed by atoms with Gasteiger partial charge >= 0.3 is 0 Å². The number of hydrogen-bond acceptors (Lipinski definition) is 4. The van der Waals surface area contributed by atoms with E-state index in [2.05, 4.69) is 24.3 Å². The number of nitrogen functional groups attached to an aromatic ring is 1. The Kier molecular flexibility index (Phi) is 4.28. The average molecular weight is 276 g/mol. The van der Waals surface area contributed by atoms with Crippen molar-refractivity contribution in [2.75, 3.05) is 12.5 Å². The summed E-state index contributed by atoms with van der Waals surface area (Å²) >= 11 is 0. The Balaban J connectivity index is 2.01. The smallest absolute Gasteiger partial charge is 0.255 e. The van der Waals surface area contributed by atoms with E-state index in [1.54, 1.807) is 18.3 Å². The number of hydrazine groups is 1. The minimum Gasteiger partial charge on any atom is -0.339 e. The molecule has 5 heteroatoms. The third-order valence-electron chi connectivity index (χ3n) is 4.34. The van der Waals surface area contributed by atoms with Crippen LogP contribution in [-0.2, 0) is 0 Å². The summed E-state index contributed by atoms with van der Waals surface area (Å²) in [4.78, 5) is 18.4. The molecule has 0 spiro atoms. The lowest BCUT2D eigenvalue weighted by Crippen LogP contribution is -2.40. The van der Waals surface area contributed by atoms with E-state index in [-0.39, 0.29) is 5.91 Å². The molecule has 1 saturated carbocycles. The van der Waals surface area contributed by atoms with Crippen molar-refractivity contribution < 1.29 is 4.79 Å². The van der Waals surface area contributed by atoms with Gasteiger partial charge < -0.3 is 10.3 Å². The zero-order valence-electron chi connectivity index (χ0n) is 12.5. The van der Waals surface area contributed by atoms with Crippen LogP contribution < -0.4 is 11.3 Å². The van der Waals surface area contributed by atoms with Crippen LogP contribution in [0, 0.1) is 5.41 Å². The van der Waals surface area contributed by atoms with Gasteiger partial charge in [-0.15, -0.1) is 0 Å². The van der Waals surface area contributed by atoms with Gasteiger partial charge in [0.1, 0.15) is 5.82 Å². The fourth-order valence-electron chi connectivity index (χ4n) is 2.75. The monoisotopic (exact) mass is 276 g/mol. The van der Waals surface area contributed by atoms with E-state index in [4.69, 9.17) is 5.84 Å². The Labute approximate surface area is 120 Å². The maximum atomic E-state index is 12.4. The molecule has 0 unspecified atom stereocenters. The first-order chi connectivity index (χ1) is 9.43. The summed E-state index contributed by atoms with van der Waals surface area (Å²) in [5.41, 5.74) is 3.48. The molecule has 0 atom stereocenters. The zero-order chi connectivity index (χ0) is 14.8. The Morgan fingerprint density at radius 1 is 1.40 bits per heavy atom. The molecule has 1 aliphatic rings. The number of nitrogens with two attached hydrogens (primary N) is 1. The third kappa shape index (κ3) is 3.28. The maximum absolute atomic E-state index is 12.4. The Morgan fingerprint density at radius 2 is 2.05 bits per heavy atom. The van der Waals surface area contributed by atoms with Gasteiger partial charge in [-0.3, -0.25) is 4.79 Å². The predicted octanol–water partition coefficient (Wildman–Crippen LogP) is 2.41. The number of aromatic nitrogens is 1. The second kappa shape index (κ2) is 5.79. The summed E-state index contributed by atoms with van der Waals surface area (Å²) in [6, 6.07) is 3.81. The van der Waals surface area contributed by atoms with Crippen LogP contribution >= 0.6 is 0 Å². The molecular formula is C15H24N4O. The van der Waals surface area contributed by atoms with E-state index in [1.807, 2.05) is 11.9 Å². The molecule has 1 aromatic rings. The van der Waals surface area contributed by atoms with Crippen molar-refractivity contribution >= 4 is 11.7 Å². The number of hydrogen-bond donors (Lipinski definition) is 2. The van der Waals surface area contributed by atoms with Crippen LogP contribution in [0.4, 0.5) is 5.82 Å². The van der Waals surface area contributed by atoms with Gasteiger partial charge in [0.05, 0.1) is 5.56 Å². The summed E-state index contributed by atoms with van der Waals surface area (Å²) in [7, 11) is 1.89. The summed E-state index contributed by atoms with van der Waals surface area (Å²) in [6.45, 7) is 4.60. The van der Waals surface area contributed by atoms with Crippen molar-refractivity contribution in [3.63, 3.8) is 0 Å². The molecule has 2 rings (SSSR count). The van der Waals surface area contributed by atoms with E-state index < -0.39 is 0 Å². The van der Waals surface area contributed by atoms with E-state index in [1.165, 1.54) is 12.8 Å². The number of carbonyl (C=O) groups is 1. The van der Waals surface area contributed by atoms with Gasteiger partial charge in [0.15, 0.2) is 0 Å². The molecule has 0 bridgehead atoms. The van der Waals surface area contributed by atoms with Gasteiger partial charge in [0.2, 0.25) is 0 Å². The third-order valence-corrected chi connectivity index (χ3v) is 4.34. The van der Waals surface area contributed by atoms with E-state index in [0.29, 0.717) is 22.8 Å². The fraction of sp³-hybridized carbons (Fsp3) is 0.600. The summed E-state index contributed by atoms with van der Waals surface area (Å²) in [6.07, 6.45) is 6.06. The second-order valence-electron chi connectivity index (χ2n) is 6.39. The molecule has 1 fully saturated rings. The number of amides is 1. The molecule has 1 aromatic heterocycles. The quantitative estimate of drug-likeness (QED) is 0.657. The van der Waals surface area contributed by atoms with Crippen molar-refractivity contribution in [1.29, 1.82) is 0 Å². The maximum Gasteiger partial charge on any atom is 0.255 e. The molecule has 1 amide bonds. The van der Waals surface area contributed by atoms with E-state index >= 15 is 0 Å². The molecule has 1 aliphatic carbocycles. The van der Waals surface area contributed by atoms with Crippen molar-refractivity contribution in [2.45, 2.75) is 45.6 Å². The highest BCUT2D eigenvalue weighted by molar-refractivity contribution is 5.94. The Hall–Kier alpha value is -1.62. The van der Waals surface area contributed by atoms with Crippen LogP contribution in [-0.4, -0.2) is 28.9 Å². The van der Waals surface area contributed by atoms with Gasteiger partial charge in [-0.05, 0) is 43.2 Å². The molecule has 1 heterocycles.